The van der Waals surface area contributed by atoms with Gasteiger partial charge in [-0.2, -0.15) is 0 Å². The molecular weight excluding hydrogens is 259 g/mol. The first-order chi connectivity index (χ1) is 7.79. The second-order valence-electron chi connectivity index (χ2n) is 3.15. The minimum Gasteiger partial charge on any atom is -0.224 e. The van der Waals surface area contributed by atoms with E-state index in [2.05, 4.69) is 4.99 Å². The van der Waals surface area contributed by atoms with Crippen molar-refractivity contribution in [2.24, 2.45) is 4.99 Å². The van der Waals surface area contributed by atoms with Crippen LogP contribution in [0.25, 0.3) is 0 Å². The number of aliphatic imine (C=N–C) groups is 1. The van der Waals surface area contributed by atoms with Crippen molar-refractivity contribution in [3.05, 3.63) is 29.1 Å². The molecule has 0 radical (unpaired) electrons. The number of rotatable bonds is 3. The molecule has 1 aromatic rings. The van der Waals surface area contributed by atoms with E-state index in [-0.39, 0.29) is 0 Å². The minimum atomic E-state index is -4.22. The first-order valence-corrected chi connectivity index (χ1v) is 6.08. The predicted molar refractivity (Wildman–Crippen MR) is 51.3 cm³/mol. The molecule has 0 N–H and O–H groups in total. The molecule has 0 unspecified atom stereocenters. The maximum absolute atomic E-state index is 13.3. The van der Waals surface area contributed by atoms with Crippen molar-refractivity contribution < 1.29 is 26.4 Å². The van der Waals surface area contributed by atoms with Gasteiger partial charge in [0.2, 0.25) is 6.08 Å². The molecule has 8 heteroatoms. The van der Waals surface area contributed by atoms with Crippen molar-refractivity contribution in [1.29, 1.82) is 0 Å². The van der Waals surface area contributed by atoms with E-state index in [4.69, 9.17) is 0 Å². The second-order valence-corrected chi connectivity index (χ2v) is 5.11. The van der Waals surface area contributed by atoms with Crippen LogP contribution in [0.3, 0.4) is 0 Å². The fourth-order valence-electron chi connectivity index (χ4n) is 1.20. The monoisotopic (exact) mass is 265 g/mol. The van der Waals surface area contributed by atoms with E-state index in [0.29, 0.717) is 12.3 Å². The molecular formula is C9H6F3NO3S. The van der Waals surface area contributed by atoms with Crippen LogP contribution in [0.15, 0.2) is 16.0 Å². The number of sulfone groups is 1. The van der Waals surface area contributed by atoms with Crippen LogP contribution in [-0.4, -0.2) is 20.8 Å². The maximum Gasteiger partial charge on any atom is 0.235 e. The number of carbonyl (C=O) groups excluding carboxylic acids is 1. The number of nitrogens with zero attached hydrogens (tertiary/aromatic N) is 1. The van der Waals surface area contributed by atoms with Crippen LogP contribution < -0.4 is 0 Å². The van der Waals surface area contributed by atoms with Crippen molar-refractivity contribution in [2.45, 2.75) is 11.4 Å². The van der Waals surface area contributed by atoms with Gasteiger partial charge in [0.1, 0.15) is 10.7 Å². The van der Waals surface area contributed by atoms with Gasteiger partial charge in [0.15, 0.2) is 21.5 Å². The Kier molecular flexibility index (Phi) is 3.69. The predicted octanol–water partition coefficient (Wildman–Crippen LogP) is 1.34. The summed E-state index contributed by atoms with van der Waals surface area (Å²) in [7, 11) is -4.22. The third-order valence-electron chi connectivity index (χ3n) is 1.88. The van der Waals surface area contributed by atoms with Gasteiger partial charge in [-0.25, -0.2) is 31.4 Å². The summed E-state index contributed by atoms with van der Waals surface area (Å²) in [6.07, 6.45) is 1.63. The highest BCUT2D eigenvalue weighted by atomic mass is 32.2. The molecule has 0 aliphatic carbocycles. The molecule has 92 valence electrons. The zero-order chi connectivity index (χ0) is 13.2. The van der Waals surface area contributed by atoms with Gasteiger partial charge >= 0.3 is 0 Å². The smallest absolute Gasteiger partial charge is 0.224 e. The Morgan fingerprint density at radius 2 is 1.88 bits per heavy atom. The van der Waals surface area contributed by atoms with Gasteiger partial charge in [-0.3, -0.25) is 0 Å². The molecule has 0 aliphatic rings. The van der Waals surface area contributed by atoms with Crippen LogP contribution in [0.4, 0.5) is 13.2 Å². The zero-order valence-electron chi connectivity index (χ0n) is 8.50. The fraction of sp³-hybridized carbons (Fsp3) is 0.222. The van der Waals surface area contributed by atoms with Gasteiger partial charge in [-0.15, -0.1) is 0 Å². The second kappa shape index (κ2) is 4.68. The molecule has 0 heterocycles. The van der Waals surface area contributed by atoms with Gasteiger partial charge < -0.3 is 0 Å². The van der Waals surface area contributed by atoms with Crippen LogP contribution in [0.5, 0.6) is 0 Å². The van der Waals surface area contributed by atoms with E-state index in [9.17, 15) is 26.4 Å². The number of halogens is 3. The summed E-state index contributed by atoms with van der Waals surface area (Å²) in [5.41, 5.74) is -0.559. The van der Waals surface area contributed by atoms with Gasteiger partial charge in [0.25, 0.3) is 0 Å². The van der Waals surface area contributed by atoms with Gasteiger partial charge in [-0.05, 0) is 6.07 Å². The van der Waals surface area contributed by atoms with E-state index >= 15 is 0 Å². The summed E-state index contributed by atoms with van der Waals surface area (Å²) < 4.78 is 61.9. The average Bonchev–Trinajstić information content (AvgIpc) is 2.19. The quantitative estimate of drug-likeness (QED) is 0.470. The highest BCUT2D eigenvalue weighted by Crippen LogP contribution is 2.24. The first-order valence-electron chi connectivity index (χ1n) is 4.19. The fourth-order valence-corrected chi connectivity index (χ4v) is 2.03. The van der Waals surface area contributed by atoms with Crippen molar-refractivity contribution in [3.63, 3.8) is 0 Å². The Morgan fingerprint density at radius 3 is 2.35 bits per heavy atom. The highest BCUT2D eigenvalue weighted by Gasteiger charge is 2.25. The number of hydrogen-bond donors (Lipinski definition) is 0. The number of isocyanates is 1. The molecule has 0 fully saturated rings. The van der Waals surface area contributed by atoms with E-state index in [1.165, 1.54) is 0 Å². The Balaban J connectivity index is 3.52. The third kappa shape index (κ3) is 2.72. The molecule has 0 spiro atoms. The van der Waals surface area contributed by atoms with Crippen molar-refractivity contribution >= 4 is 15.9 Å². The molecule has 0 aromatic heterocycles. The van der Waals surface area contributed by atoms with E-state index < -0.39 is 44.3 Å². The Labute approximate surface area is 94.7 Å². The van der Waals surface area contributed by atoms with E-state index in [1.807, 2.05) is 0 Å². The molecule has 0 saturated carbocycles. The summed E-state index contributed by atoms with van der Waals surface area (Å²) in [6, 6.07) is 0.482. The van der Waals surface area contributed by atoms with Gasteiger partial charge in [0, 0.05) is 11.8 Å². The lowest BCUT2D eigenvalue weighted by Gasteiger charge is -2.06. The zero-order valence-corrected chi connectivity index (χ0v) is 9.32. The molecule has 0 aliphatic heterocycles. The van der Waals surface area contributed by atoms with Crippen molar-refractivity contribution in [2.75, 3.05) is 6.26 Å². The van der Waals surface area contributed by atoms with Crippen molar-refractivity contribution in [1.82, 2.24) is 0 Å². The molecule has 4 nitrogen and oxygen atoms in total. The van der Waals surface area contributed by atoms with Crippen LogP contribution in [-0.2, 0) is 21.2 Å². The largest absolute Gasteiger partial charge is 0.235 e. The van der Waals surface area contributed by atoms with Crippen molar-refractivity contribution in [3.8, 4) is 0 Å². The van der Waals surface area contributed by atoms with Crippen LogP contribution in [0.2, 0.25) is 0 Å². The Hall–Kier alpha value is -1.66. The maximum atomic E-state index is 13.3. The summed E-state index contributed by atoms with van der Waals surface area (Å²) in [4.78, 5) is 11.4. The lowest BCUT2D eigenvalue weighted by atomic mass is 10.2. The first kappa shape index (κ1) is 13.4. The molecule has 17 heavy (non-hydrogen) atoms. The summed E-state index contributed by atoms with van der Waals surface area (Å²) in [5.74, 6) is -4.79. The summed E-state index contributed by atoms with van der Waals surface area (Å²) in [5, 5.41) is 0. The summed E-state index contributed by atoms with van der Waals surface area (Å²) in [6.45, 7) is -0.618. The highest BCUT2D eigenvalue weighted by molar-refractivity contribution is 7.90. The Morgan fingerprint density at radius 1 is 1.29 bits per heavy atom. The van der Waals surface area contributed by atoms with Gasteiger partial charge in [0.05, 0.1) is 6.54 Å². The van der Waals surface area contributed by atoms with Crippen LogP contribution in [0, 0.1) is 17.5 Å². The lowest BCUT2D eigenvalue weighted by Crippen LogP contribution is -2.08. The average molecular weight is 265 g/mol. The topological polar surface area (TPSA) is 63.6 Å². The van der Waals surface area contributed by atoms with Gasteiger partial charge in [-0.1, -0.05) is 0 Å². The molecule has 0 saturated heterocycles. The minimum absolute atomic E-state index is 0.482. The summed E-state index contributed by atoms with van der Waals surface area (Å²) >= 11 is 0. The molecule has 0 amide bonds. The van der Waals surface area contributed by atoms with E-state index in [1.54, 1.807) is 0 Å². The Bertz CT molecular complexity index is 606. The number of benzene rings is 1. The van der Waals surface area contributed by atoms with E-state index in [0.717, 1.165) is 6.08 Å². The standard InChI is InChI=1S/C9H6F3NO3S/c1-17(15,16)9-6(10)2-5(3-13-4-14)7(11)8(9)12/h2H,3H2,1H3. The normalized spacial score (nSPS) is 11.1. The molecule has 1 aromatic carbocycles. The lowest BCUT2D eigenvalue weighted by molar-refractivity contribution is 0.451. The molecule has 0 bridgehead atoms. The SMILES string of the molecule is CS(=O)(=O)c1c(F)cc(CN=C=O)c(F)c1F. The van der Waals surface area contributed by atoms with Crippen LogP contribution in [0.1, 0.15) is 5.56 Å². The molecule has 0 atom stereocenters. The third-order valence-corrected chi connectivity index (χ3v) is 2.99. The van der Waals surface area contributed by atoms with Crippen LogP contribution >= 0.6 is 0 Å². The number of hydrogen-bond acceptors (Lipinski definition) is 4. The molecule has 1 rings (SSSR count).